The first kappa shape index (κ1) is 34.1. The molecule has 0 bridgehead atoms. The SMILES string of the molecule is C=CN=C(C)C1=C(C)NC(=C)CC1.C=Cc1cc(F)cc(NC(C(=C)CC)C2CC2)c1.CCCCC(C)CC. The molecular formula is C35H54FN3. The number of allylic oxidation sites excluding steroid dienone is 3. The number of nitrogens with one attached hydrogen (secondary N) is 2. The van der Waals surface area contributed by atoms with Gasteiger partial charge in [0.2, 0.25) is 0 Å². The lowest BCUT2D eigenvalue weighted by atomic mass is 9.99. The Bertz CT molecular complexity index is 1010. The molecular weight excluding hydrogens is 481 g/mol. The van der Waals surface area contributed by atoms with Gasteiger partial charge in [-0.15, -0.1) is 0 Å². The topological polar surface area (TPSA) is 36.4 Å². The Hall–Kier alpha value is -2.88. The van der Waals surface area contributed by atoms with Gasteiger partial charge in [0.1, 0.15) is 5.82 Å². The third kappa shape index (κ3) is 13.2. The number of benzene rings is 1. The summed E-state index contributed by atoms with van der Waals surface area (Å²) in [5.41, 5.74) is 7.40. The summed E-state index contributed by atoms with van der Waals surface area (Å²) < 4.78 is 13.5. The average molecular weight is 536 g/mol. The summed E-state index contributed by atoms with van der Waals surface area (Å²) in [6.45, 7) is 28.3. The Morgan fingerprint density at radius 1 is 1.18 bits per heavy atom. The van der Waals surface area contributed by atoms with Crippen molar-refractivity contribution in [2.45, 2.75) is 105 Å². The second-order valence-electron chi connectivity index (χ2n) is 10.8. The van der Waals surface area contributed by atoms with E-state index in [9.17, 15) is 4.39 Å². The zero-order valence-corrected chi connectivity index (χ0v) is 25.6. The molecule has 1 aromatic carbocycles. The Kier molecular flexibility index (Phi) is 16.1. The largest absolute Gasteiger partial charge is 0.378 e. The highest BCUT2D eigenvalue weighted by Crippen LogP contribution is 2.38. The van der Waals surface area contributed by atoms with Gasteiger partial charge in [0, 0.05) is 35.0 Å². The Morgan fingerprint density at radius 2 is 1.87 bits per heavy atom. The summed E-state index contributed by atoms with van der Waals surface area (Å²) in [6, 6.07) is 5.22. The molecule has 2 atom stereocenters. The van der Waals surface area contributed by atoms with E-state index in [0.29, 0.717) is 5.92 Å². The highest BCUT2D eigenvalue weighted by molar-refractivity contribution is 5.99. The van der Waals surface area contributed by atoms with Crippen LogP contribution in [-0.2, 0) is 0 Å². The van der Waals surface area contributed by atoms with E-state index in [-0.39, 0.29) is 11.9 Å². The maximum atomic E-state index is 13.5. The van der Waals surface area contributed by atoms with E-state index in [1.54, 1.807) is 12.3 Å². The lowest BCUT2D eigenvalue weighted by molar-refractivity contribution is 0.492. The number of halogens is 1. The lowest BCUT2D eigenvalue weighted by Gasteiger charge is -2.21. The van der Waals surface area contributed by atoms with Crippen LogP contribution in [0.2, 0.25) is 0 Å². The molecule has 216 valence electrons. The molecule has 3 rings (SSSR count). The number of unbranched alkanes of at least 4 members (excludes halogenated alkanes) is 1. The van der Waals surface area contributed by atoms with Gasteiger partial charge in [-0.2, -0.15) is 0 Å². The highest BCUT2D eigenvalue weighted by Gasteiger charge is 2.32. The summed E-state index contributed by atoms with van der Waals surface area (Å²) in [6.07, 6.45) is 14.2. The zero-order chi connectivity index (χ0) is 29.4. The number of nitrogens with zero attached hydrogens (tertiary/aromatic N) is 1. The van der Waals surface area contributed by atoms with Gasteiger partial charge in [-0.05, 0) is 87.1 Å². The first-order valence-corrected chi connectivity index (χ1v) is 14.8. The molecule has 0 amide bonds. The standard InChI is InChI=1S/C16H20FN.C11H16N2.C8H18/c1-4-11(3)16(13-6-7-13)18-15-9-12(5-2)8-14(17)10-15;1-5-12-9(3)11-7-6-8(2)13-10(11)4;1-4-6-7-8(3)5-2/h5,8-10,13,16,18H,2-4,6-7H2,1H3;5,13H,1-2,6-7H2,3-4H3;8H,4-7H2,1-3H3. The number of rotatable bonds is 12. The zero-order valence-electron chi connectivity index (χ0n) is 25.6. The van der Waals surface area contributed by atoms with Crippen molar-refractivity contribution in [3.8, 4) is 0 Å². The number of hydrogen-bond donors (Lipinski definition) is 2. The molecule has 1 aliphatic carbocycles. The minimum Gasteiger partial charge on any atom is -0.378 e. The second-order valence-corrected chi connectivity index (χ2v) is 10.8. The Labute approximate surface area is 239 Å². The van der Waals surface area contributed by atoms with E-state index in [1.807, 2.05) is 13.0 Å². The lowest BCUT2D eigenvalue weighted by Crippen LogP contribution is -2.23. The van der Waals surface area contributed by atoms with Gasteiger partial charge in [0.05, 0.1) is 0 Å². The fourth-order valence-electron chi connectivity index (χ4n) is 4.49. The van der Waals surface area contributed by atoms with Gasteiger partial charge in [0.15, 0.2) is 0 Å². The summed E-state index contributed by atoms with van der Waals surface area (Å²) >= 11 is 0. The number of anilines is 1. The first-order valence-electron chi connectivity index (χ1n) is 14.8. The number of aliphatic imine (C=N–C) groups is 1. The fourth-order valence-corrected chi connectivity index (χ4v) is 4.49. The van der Waals surface area contributed by atoms with Crippen LogP contribution in [0.1, 0.15) is 105 Å². The molecule has 1 fully saturated rings. The average Bonchev–Trinajstić information content (AvgIpc) is 3.76. The fraction of sp³-hybridized carbons (Fsp3) is 0.514. The molecule has 1 aromatic rings. The molecule has 1 aliphatic heterocycles. The highest BCUT2D eigenvalue weighted by atomic mass is 19.1. The van der Waals surface area contributed by atoms with Crippen molar-refractivity contribution in [1.29, 1.82) is 0 Å². The van der Waals surface area contributed by atoms with Crippen molar-refractivity contribution < 1.29 is 4.39 Å². The first-order chi connectivity index (χ1) is 18.6. The van der Waals surface area contributed by atoms with E-state index >= 15 is 0 Å². The predicted octanol–water partition coefficient (Wildman–Crippen LogP) is 10.6. The Balaban J connectivity index is 0.000000318. The van der Waals surface area contributed by atoms with Crippen LogP contribution in [0.25, 0.3) is 6.08 Å². The molecule has 4 heteroatoms. The van der Waals surface area contributed by atoms with E-state index in [2.05, 4.69) is 76.6 Å². The van der Waals surface area contributed by atoms with Gasteiger partial charge in [-0.25, -0.2) is 4.39 Å². The van der Waals surface area contributed by atoms with Gasteiger partial charge in [-0.3, -0.25) is 4.99 Å². The van der Waals surface area contributed by atoms with Crippen LogP contribution in [0, 0.1) is 17.7 Å². The molecule has 0 spiro atoms. The van der Waals surface area contributed by atoms with Crippen LogP contribution in [0.15, 0.2) is 78.2 Å². The normalized spacial score (nSPS) is 16.5. The van der Waals surface area contributed by atoms with Gasteiger partial charge < -0.3 is 10.6 Å². The van der Waals surface area contributed by atoms with Crippen molar-refractivity contribution in [1.82, 2.24) is 5.32 Å². The smallest absolute Gasteiger partial charge is 0.125 e. The quantitative estimate of drug-likeness (QED) is 0.206. The van der Waals surface area contributed by atoms with Crippen LogP contribution < -0.4 is 10.6 Å². The summed E-state index contributed by atoms with van der Waals surface area (Å²) in [5, 5.41) is 6.66. The van der Waals surface area contributed by atoms with Gasteiger partial charge in [-0.1, -0.05) is 91.3 Å². The van der Waals surface area contributed by atoms with Crippen LogP contribution in [0.4, 0.5) is 10.1 Å². The molecule has 1 saturated carbocycles. The van der Waals surface area contributed by atoms with E-state index in [1.165, 1.54) is 67.5 Å². The van der Waals surface area contributed by atoms with Crippen LogP contribution >= 0.6 is 0 Å². The van der Waals surface area contributed by atoms with Crippen LogP contribution in [-0.4, -0.2) is 11.8 Å². The van der Waals surface area contributed by atoms with Crippen LogP contribution in [0.3, 0.4) is 0 Å². The third-order valence-electron chi connectivity index (χ3n) is 7.43. The molecule has 2 unspecified atom stereocenters. The minimum absolute atomic E-state index is 0.230. The minimum atomic E-state index is -0.230. The van der Waals surface area contributed by atoms with Gasteiger partial charge in [0.25, 0.3) is 0 Å². The monoisotopic (exact) mass is 535 g/mol. The summed E-state index contributed by atoms with van der Waals surface area (Å²) in [5.74, 6) is 1.38. The van der Waals surface area contributed by atoms with Crippen molar-refractivity contribution in [2.75, 3.05) is 5.32 Å². The summed E-state index contributed by atoms with van der Waals surface area (Å²) in [4.78, 5) is 4.18. The van der Waals surface area contributed by atoms with E-state index in [4.69, 9.17) is 0 Å². The van der Waals surface area contributed by atoms with Crippen molar-refractivity contribution >= 4 is 17.5 Å². The second kappa shape index (κ2) is 18.4. The summed E-state index contributed by atoms with van der Waals surface area (Å²) in [7, 11) is 0. The predicted molar refractivity (Wildman–Crippen MR) is 173 cm³/mol. The van der Waals surface area contributed by atoms with Gasteiger partial charge >= 0.3 is 0 Å². The molecule has 2 N–H and O–H groups in total. The molecule has 39 heavy (non-hydrogen) atoms. The van der Waals surface area contributed by atoms with Crippen molar-refractivity contribution in [3.63, 3.8) is 0 Å². The third-order valence-corrected chi connectivity index (χ3v) is 7.43. The molecule has 0 aromatic heterocycles. The van der Waals surface area contributed by atoms with E-state index < -0.39 is 0 Å². The van der Waals surface area contributed by atoms with Crippen molar-refractivity contribution in [3.05, 3.63) is 84.6 Å². The van der Waals surface area contributed by atoms with Crippen molar-refractivity contribution in [2.24, 2.45) is 16.8 Å². The molecule has 2 aliphatic rings. The molecule has 0 radical (unpaired) electrons. The maximum Gasteiger partial charge on any atom is 0.125 e. The Morgan fingerprint density at radius 3 is 2.38 bits per heavy atom. The van der Waals surface area contributed by atoms with Crippen LogP contribution in [0.5, 0.6) is 0 Å². The maximum absolute atomic E-state index is 13.5. The molecule has 1 heterocycles. The molecule has 0 saturated heterocycles. The molecule has 3 nitrogen and oxygen atoms in total. The van der Waals surface area contributed by atoms with E-state index in [0.717, 1.165) is 47.8 Å². The number of hydrogen-bond acceptors (Lipinski definition) is 3.